The fourth-order valence-corrected chi connectivity index (χ4v) is 4.95. The van der Waals surface area contributed by atoms with Crippen LogP contribution >= 0.6 is 23.2 Å². The van der Waals surface area contributed by atoms with Gasteiger partial charge in [-0.15, -0.1) is 0 Å². The van der Waals surface area contributed by atoms with Gasteiger partial charge in [-0.05, 0) is 42.7 Å². The highest BCUT2D eigenvalue weighted by Gasteiger charge is 2.32. The predicted molar refractivity (Wildman–Crippen MR) is 144 cm³/mol. The molecule has 0 saturated carbocycles. The molecule has 2 aromatic rings. The van der Waals surface area contributed by atoms with Crippen molar-refractivity contribution in [1.29, 1.82) is 0 Å². The molecule has 1 N–H and O–H groups in total. The van der Waals surface area contributed by atoms with Crippen LogP contribution in [0.25, 0.3) is 0 Å². The second-order valence-electron chi connectivity index (χ2n) is 8.27. The van der Waals surface area contributed by atoms with Crippen LogP contribution in [0.5, 0.6) is 5.75 Å². The molecule has 198 valence electrons. The van der Waals surface area contributed by atoms with Gasteiger partial charge in [0.1, 0.15) is 18.3 Å². The van der Waals surface area contributed by atoms with Gasteiger partial charge in [-0.1, -0.05) is 61.7 Å². The van der Waals surface area contributed by atoms with E-state index in [0.717, 1.165) is 23.4 Å². The number of hydrogen-bond acceptors (Lipinski definition) is 5. The third-order valence-electron chi connectivity index (χ3n) is 5.62. The summed E-state index contributed by atoms with van der Waals surface area (Å²) >= 11 is 12.6. The topological polar surface area (TPSA) is 96.0 Å². The zero-order valence-electron chi connectivity index (χ0n) is 21.0. The SMILES string of the molecule is CCCCNC(=O)[C@H](CC)N(Cc1ccccc1Cl)C(=O)CN(c1ccc(OC)c(Cl)c1)S(C)(=O)=O. The molecule has 0 aliphatic carbocycles. The molecular formula is C25H33Cl2N3O5S. The highest BCUT2D eigenvalue weighted by Crippen LogP contribution is 2.30. The molecule has 2 aromatic carbocycles. The first-order chi connectivity index (χ1) is 17.0. The smallest absolute Gasteiger partial charge is 0.244 e. The maximum absolute atomic E-state index is 13.7. The average Bonchev–Trinajstić information content (AvgIpc) is 2.82. The Balaban J connectivity index is 2.44. The predicted octanol–water partition coefficient (Wildman–Crippen LogP) is 4.49. The molecule has 0 saturated heterocycles. The molecule has 36 heavy (non-hydrogen) atoms. The van der Waals surface area contributed by atoms with Gasteiger partial charge in [0.2, 0.25) is 21.8 Å². The Morgan fingerprint density at radius 1 is 1.08 bits per heavy atom. The second kappa shape index (κ2) is 13.7. The van der Waals surface area contributed by atoms with Crippen molar-refractivity contribution in [3.05, 3.63) is 58.1 Å². The summed E-state index contributed by atoms with van der Waals surface area (Å²) in [4.78, 5) is 28.1. The van der Waals surface area contributed by atoms with Crippen LogP contribution in [0.2, 0.25) is 10.0 Å². The van der Waals surface area contributed by atoms with Crippen LogP contribution in [0.3, 0.4) is 0 Å². The second-order valence-corrected chi connectivity index (χ2v) is 11.0. The number of nitrogens with one attached hydrogen (secondary N) is 1. The molecule has 0 heterocycles. The number of methoxy groups -OCH3 is 1. The van der Waals surface area contributed by atoms with E-state index in [-0.39, 0.29) is 23.2 Å². The molecule has 11 heteroatoms. The van der Waals surface area contributed by atoms with Crippen molar-refractivity contribution in [2.75, 3.05) is 30.8 Å². The summed E-state index contributed by atoms with van der Waals surface area (Å²) in [5.41, 5.74) is 0.848. The minimum Gasteiger partial charge on any atom is -0.495 e. The van der Waals surface area contributed by atoms with Crippen molar-refractivity contribution in [3.8, 4) is 5.75 Å². The quantitative estimate of drug-likeness (QED) is 0.366. The molecule has 1 atom stereocenters. The molecular weight excluding hydrogens is 525 g/mol. The van der Waals surface area contributed by atoms with E-state index in [1.165, 1.54) is 30.2 Å². The fraction of sp³-hybridized carbons (Fsp3) is 0.440. The number of unbranched alkanes of at least 4 members (excludes halogenated alkanes) is 1. The summed E-state index contributed by atoms with van der Waals surface area (Å²) in [5.74, 6) is -0.482. The van der Waals surface area contributed by atoms with Gasteiger partial charge in [0, 0.05) is 18.1 Å². The van der Waals surface area contributed by atoms with E-state index in [1.54, 1.807) is 31.2 Å². The summed E-state index contributed by atoms with van der Waals surface area (Å²) in [6, 6.07) is 10.7. The van der Waals surface area contributed by atoms with E-state index >= 15 is 0 Å². The zero-order valence-corrected chi connectivity index (χ0v) is 23.3. The summed E-state index contributed by atoms with van der Waals surface area (Å²) < 4.78 is 31.5. The Morgan fingerprint density at radius 3 is 2.33 bits per heavy atom. The molecule has 0 aromatic heterocycles. The first kappa shape index (κ1) is 29.7. The number of carbonyl (C=O) groups is 2. The summed E-state index contributed by atoms with van der Waals surface area (Å²) in [5, 5.41) is 3.52. The average molecular weight is 559 g/mol. The number of ether oxygens (including phenoxy) is 1. The van der Waals surface area contributed by atoms with Crippen LogP contribution in [0.4, 0.5) is 5.69 Å². The van der Waals surface area contributed by atoms with Crippen molar-refractivity contribution in [3.63, 3.8) is 0 Å². The molecule has 8 nitrogen and oxygen atoms in total. The third-order valence-corrected chi connectivity index (χ3v) is 7.42. The Morgan fingerprint density at radius 2 is 1.78 bits per heavy atom. The lowest BCUT2D eigenvalue weighted by atomic mass is 10.1. The number of benzene rings is 2. The first-order valence-electron chi connectivity index (χ1n) is 11.6. The maximum atomic E-state index is 13.7. The number of rotatable bonds is 13. The zero-order chi connectivity index (χ0) is 26.9. The molecule has 2 amide bonds. The number of sulfonamides is 1. The van der Waals surface area contributed by atoms with E-state index in [9.17, 15) is 18.0 Å². The number of amides is 2. The lowest BCUT2D eigenvalue weighted by Crippen LogP contribution is -2.52. The Labute approximate surface area is 223 Å². The number of halogens is 2. The maximum Gasteiger partial charge on any atom is 0.244 e. The molecule has 0 spiro atoms. The molecule has 0 aliphatic heterocycles. The van der Waals surface area contributed by atoms with Crippen molar-refractivity contribution in [2.24, 2.45) is 0 Å². The van der Waals surface area contributed by atoms with E-state index < -0.39 is 28.5 Å². The lowest BCUT2D eigenvalue weighted by Gasteiger charge is -2.33. The monoisotopic (exact) mass is 557 g/mol. The summed E-state index contributed by atoms with van der Waals surface area (Å²) in [6.07, 6.45) is 3.06. The lowest BCUT2D eigenvalue weighted by molar-refractivity contribution is -0.140. The number of anilines is 1. The van der Waals surface area contributed by atoms with Crippen molar-refractivity contribution < 1.29 is 22.7 Å². The number of hydrogen-bond donors (Lipinski definition) is 1. The molecule has 0 radical (unpaired) electrons. The van der Waals surface area contributed by atoms with E-state index in [1.807, 2.05) is 6.92 Å². The Bertz CT molecular complexity index is 1160. The van der Waals surface area contributed by atoms with Gasteiger partial charge in [-0.2, -0.15) is 0 Å². The highest BCUT2D eigenvalue weighted by molar-refractivity contribution is 7.92. The van der Waals surface area contributed by atoms with Crippen LogP contribution in [0, 0.1) is 0 Å². The minimum absolute atomic E-state index is 0.0409. The normalized spacial score (nSPS) is 12.1. The van der Waals surface area contributed by atoms with Crippen LogP contribution in [-0.4, -0.2) is 57.6 Å². The summed E-state index contributed by atoms with van der Waals surface area (Å²) in [7, 11) is -2.43. The minimum atomic E-state index is -3.87. The highest BCUT2D eigenvalue weighted by atomic mass is 35.5. The van der Waals surface area contributed by atoms with Gasteiger partial charge >= 0.3 is 0 Å². The third kappa shape index (κ3) is 8.01. The standard InChI is InChI=1S/C25H33Cl2N3O5S/c1-5-7-14-28-25(32)22(6-2)29(16-18-10-8-9-11-20(18)26)24(31)17-30(36(4,33)34)19-12-13-23(35-3)21(27)15-19/h8-13,15,22H,5-7,14,16-17H2,1-4H3,(H,28,32)/t22-/m0/s1. The van der Waals surface area contributed by atoms with Crippen LogP contribution in [0.1, 0.15) is 38.7 Å². The van der Waals surface area contributed by atoms with E-state index in [0.29, 0.717) is 29.3 Å². The Hall–Kier alpha value is -2.49. The van der Waals surface area contributed by atoms with Crippen molar-refractivity contribution in [1.82, 2.24) is 10.2 Å². The largest absolute Gasteiger partial charge is 0.495 e. The van der Waals surface area contributed by atoms with E-state index in [2.05, 4.69) is 5.32 Å². The van der Waals surface area contributed by atoms with Gasteiger partial charge in [0.25, 0.3) is 0 Å². The molecule has 0 aliphatic rings. The fourth-order valence-electron chi connectivity index (χ4n) is 3.66. The van der Waals surface area contributed by atoms with Crippen LogP contribution < -0.4 is 14.4 Å². The first-order valence-corrected chi connectivity index (χ1v) is 14.3. The molecule has 0 bridgehead atoms. The van der Waals surface area contributed by atoms with Gasteiger partial charge < -0.3 is 15.0 Å². The van der Waals surface area contributed by atoms with Crippen molar-refractivity contribution in [2.45, 2.75) is 45.7 Å². The van der Waals surface area contributed by atoms with E-state index in [4.69, 9.17) is 27.9 Å². The van der Waals surface area contributed by atoms with Gasteiger partial charge in [-0.3, -0.25) is 13.9 Å². The van der Waals surface area contributed by atoms with Crippen LogP contribution in [-0.2, 0) is 26.2 Å². The van der Waals surface area contributed by atoms with Crippen molar-refractivity contribution >= 4 is 50.7 Å². The molecule has 0 unspecified atom stereocenters. The van der Waals surface area contributed by atoms with Crippen LogP contribution in [0.15, 0.2) is 42.5 Å². The summed E-state index contributed by atoms with van der Waals surface area (Å²) in [6.45, 7) is 3.82. The molecule has 0 fully saturated rings. The van der Waals surface area contributed by atoms with Gasteiger partial charge in [0.05, 0.1) is 24.1 Å². The van der Waals surface area contributed by atoms with Gasteiger partial charge in [-0.25, -0.2) is 8.42 Å². The molecule has 2 rings (SSSR count). The number of nitrogens with zero attached hydrogens (tertiary/aromatic N) is 2. The number of carbonyl (C=O) groups excluding carboxylic acids is 2. The van der Waals surface area contributed by atoms with Gasteiger partial charge in [0.15, 0.2) is 0 Å². The Kier molecular flexibility index (Phi) is 11.3.